The van der Waals surface area contributed by atoms with Gasteiger partial charge in [-0.3, -0.25) is 24.2 Å². The second kappa shape index (κ2) is 9.18. The molecule has 166 valence electrons. The predicted molar refractivity (Wildman–Crippen MR) is 126 cm³/mol. The van der Waals surface area contributed by atoms with E-state index in [-0.39, 0.29) is 12.5 Å². The number of fused-ring (bicyclic) bond motifs is 2. The van der Waals surface area contributed by atoms with Crippen molar-refractivity contribution in [2.75, 3.05) is 38.6 Å². The fourth-order valence-corrected chi connectivity index (χ4v) is 4.84. The molecule has 0 atom stereocenters. The molecule has 0 spiro atoms. The molecule has 1 aliphatic heterocycles. The van der Waals surface area contributed by atoms with Crippen molar-refractivity contribution in [3.05, 3.63) is 59.2 Å². The number of hydrogen-bond acceptors (Lipinski definition) is 6. The van der Waals surface area contributed by atoms with Crippen molar-refractivity contribution in [1.82, 2.24) is 14.8 Å². The SMILES string of the molecule is CCc1ccc2nc(N(CCCN(C)C)C(=O)CN3C(=O)c4ccccc4C3=O)sc2c1. The average Bonchev–Trinajstić information content (AvgIpc) is 3.30. The molecule has 0 N–H and O–H groups in total. The van der Waals surface area contributed by atoms with Gasteiger partial charge >= 0.3 is 0 Å². The summed E-state index contributed by atoms with van der Waals surface area (Å²) < 4.78 is 1.02. The molecule has 0 fully saturated rings. The van der Waals surface area contributed by atoms with Gasteiger partial charge < -0.3 is 4.90 Å². The molecule has 32 heavy (non-hydrogen) atoms. The van der Waals surface area contributed by atoms with E-state index < -0.39 is 11.8 Å². The van der Waals surface area contributed by atoms with Crippen LogP contribution < -0.4 is 4.90 Å². The summed E-state index contributed by atoms with van der Waals surface area (Å²) in [7, 11) is 3.96. The fraction of sp³-hybridized carbons (Fsp3) is 0.333. The number of imide groups is 1. The van der Waals surface area contributed by atoms with Crippen molar-refractivity contribution in [1.29, 1.82) is 0 Å². The minimum Gasteiger partial charge on any atom is -0.309 e. The summed E-state index contributed by atoms with van der Waals surface area (Å²) in [5.74, 6) is -1.17. The lowest BCUT2D eigenvalue weighted by Gasteiger charge is -2.23. The minimum absolute atomic E-state index is 0.301. The summed E-state index contributed by atoms with van der Waals surface area (Å²) in [5.41, 5.74) is 2.74. The highest BCUT2D eigenvalue weighted by molar-refractivity contribution is 7.22. The van der Waals surface area contributed by atoms with Gasteiger partial charge in [-0.1, -0.05) is 36.5 Å². The van der Waals surface area contributed by atoms with Gasteiger partial charge in [0.15, 0.2) is 5.13 Å². The fourth-order valence-electron chi connectivity index (χ4n) is 3.77. The average molecular weight is 451 g/mol. The summed E-state index contributed by atoms with van der Waals surface area (Å²) in [4.78, 5) is 48.2. The van der Waals surface area contributed by atoms with Crippen LogP contribution in [0.4, 0.5) is 5.13 Å². The Morgan fingerprint density at radius 3 is 2.34 bits per heavy atom. The molecule has 0 radical (unpaired) electrons. The Bertz CT molecular complexity index is 1150. The van der Waals surface area contributed by atoms with Crippen molar-refractivity contribution in [3.8, 4) is 0 Å². The molecular weight excluding hydrogens is 424 g/mol. The number of amides is 3. The van der Waals surface area contributed by atoms with Crippen LogP contribution in [0.2, 0.25) is 0 Å². The quantitative estimate of drug-likeness (QED) is 0.492. The van der Waals surface area contributed by atoms with Crippen LogP contribution in [-0.4, -0.2) is 66.2 Å². The summed E-state index contributed by atoms with van der Waals surface area (Å²) in [6.07, 6.45) is 1.67. The van der Waals surface area contributed by atoms with Gasteiger partial charge in [0, 0.05) is 6.54 Å². The largest absolute Gasteiger partial charge is 0.309 e. The summed E-state index contributed by atoms with van der Waals surface area (Å²) in [6, 6.07) is 12.8. The predicted octanol–water partition coefficient (Wildman–Crippen LogP) is 3.44. The zero-order chi connectivity index (χ0) is 22.8. The first-order valence-electron chi connectivity index (χ1n) is 10.7. The molecule has 0 aliphatic carbocycles. The van der Waals surface area contributed by atoms with Crippen molar-refractivity contribution in [2.45, 2.75) is 19.8 Å². The normalized spacial score (nSPS) is 13.3. The molecule has 3 amide bonds. The van der Waals surface area contributed by atoms with Crippen LogP contribution in [0.1, 0.15) is 39.6 Å². The van der Waals surface area contributed by atoms with E-state index in [0.717, 1.165) is 34.5 Å². The molecule has 2 aromatic carbocycles. The van der Waals surface area contributed by atoms with Crippen LogP contribution in [0.25, 0.3) is 10.2 Å². The van der Waals surface area contributed by atoms with Gasteiger partial charge in [-0.15, -0.1) is 0 Å². The highest BCUT2D eigenvalue weighted by Gasteiger charge is 2.37. The summed E-state index contributed by atoms with van der Waals surface area (Å²) in [6.45, 7) is 3.06. The van der Waals surface area contributed by atoms with E-state index >= 15 is 0 Å². The molecule has 0 unspecified atom stereocenters. The number of thiazole rings is 1. The highest BCUT2D eigenvalue weighted by Crippen LogP contribution is 2.31. The first-order valence-corrected chi connectivity index (χ1v) is 11.5. The first kappa shape index (κ1) is 22.1. The lowest BCUT2D eigenvalue weighted by atomic mass is 10.1. The molecule has 3 aromatic rings. The van der Waals surface area contributed by atoms with E-state index in [1.54, 1.807) is 29.2 Å². The molecule has 1 aromatic heterocycles. The van der Waals surface area contributed by atoms with Crippen LogP contribution in [0.3, 0.4) is 0 Å². The third-order valence-electron chi connectivity index (χ3n) is 5.54. The van der Waals surface area contributed by atoms with Gasteiger partial charge in [0.05, 0.1) is 21.3 Å². The maximum Gasteiger partial charge on any atom is 0.262 e. The van der Waals surface area contributed by atoms with Crippen LogP contribution in [0.15, 0.2) is 42.5 Å². The number of rotatable bonds is 8. The Kier molecular flexibility index (Phi) is 6.34. The number of hydrogen-bond donors (Lipinski definition) is 0. The van der Waals surface area contributed by atoms with E-state index in [0.29, 0.717) is 22.8 Å². The highest BCUT2D eigenvalue weighted by atomic mass is 32.1. The topological polar surface area (TPSA) is 73.8 Å². The molecule has 4 rings (SSSR count). The summed E-state index contributed by atoms with van der Waals surface area (Å²) >= 11 is 1.46. The number of carbonyl (C=O) groups is 3. The van der Waals surface area contributed by atoms with Crippen molar-refractivity contribution in [2.24, 2.45) is 0 Å². The molecular formula is C24H26N4O3S. The number of aryl methyl sites for hydroxylation is 1. The Morgan fingerprint density at radius 2 is 1.72 bits per heavy atom. The second-order valence-electron chi connectivity index (χ2n) is 8.10. The molecule has 0 saturated heterocycles. The van der Waals surface area contributed by atoms with Gasteiger partial charge in [-0.2, -0.15) is 0 Å². The Morgan fingerprint density at radius 1 is 1.03 bits per heavy atom. The Balaban J connectivity index is 1.60. The van der Waals surface area contributed by atoms with Gasteiger partial charge in [-0.25, -0.2) is 4.98 Å². The molecule has 7 nitrogen and oxygen atoms in total. The number of aromatic nitrogens is 1. The van der Waals surface area contributed by atoms with Crippen LogP contribution in [0, 0.1) is 0 Å². The number of carbonyl (C=O) groups excluding carboxylic acids is 3. The van der Waals surface area contributed by atoms with E-state index in [4.69, 9.17) is 0 Å². The number of benzene rings is 2. The van der Waals surface area contributed by atoms with E-state index in [2.05, 4.69) is 22.9 Å². The van der Waals surface area contributed by atoms with Gasteiger partial charge in [0.1, 0.15) is 6.54 Å². The zero-order valence-corrected chi connectivity index (χ0v) is 19.3. The molecule has 8 heteroatoms. The maximum atomic E-state index is 13.4. The third-order valence-corrected chi connectivity index (χ3v) is 6.58. The third kappa shape index (κ3) is 4.28. The molecule has 0 saturated carbocycles. The lowest BCUT2D eigenvalue weighted by Crippen LogP contribution is -2.43. The van der Waals surface area contributed by atoms with Gasteiger partial charge in [0.2, 0.25) is 5.91 Å². The van der Waals surface area contributed by atoms with Crippen molar-refractivity contribution in [3.63, 3.8) is 0 Å². The van der Waals surface area contributed by atoms with E-state index in [9.17, 15) is 14.4 Å². The van der Waals surface area contributed by atoms with Crippen LogP contribution in [-0.2, 0) is 11.2 Å². The number of anilines is 1. The summed E-state index contributed by atoms with van der Waals surface area (Å²) in [5, 5.41) is 0.591. The second-order valence-corrected chi connectivity index (χ2v) is 9.11. The Labute approximate surface area is 191 Å². The van der Waals surface area contributed by atoms with Crippen molar-refractivity contribution >= 4 is 44.4 Å². The van der Waals surface area contributed by atoms with E-state index in [1.807, 2.05) is 26.2 Å². The smallest absolute Gasteiger partial charge is 0.262 e. The van der Waals surface area contributed by atoms with Gasteiger partial charge in [-0.05, 0) is 63.3 Å². The standard InChI is InChI=1S/C24H26N4O3S/c1-4-16-10-11-19-20(14-16)32-24(25-19)27(13-7-12-26(2)3)21(29)15-28-22(30)17-8-5-6-9-18(17)23(28)31/h5-6,8-11,14H,4,7,12-13,15H2,1-3H3. The number of nitrogens with zero attached hydrogens (tertiary/aromatic N) is 4. The minimum atomic E-state index is -0.427. The molecule has 2 heterocycles. The van der Waals surface area contributed by atoms with Crippen LogP contribution >= 0.6 is 11.3 Å². The maximum absolute atomic E-state index is 13.4. The van der Waals surface area contributed by atoms with Crippen LogP contribution in [0.5, 0.6) is 0 Å². The monoisotopic (exact) mass is 450 g/mol. The molecule has 0 bridgehead atoms. The Hall–Kier alpha value is -3.10. The molecule has 1 aliphatic rings. The van der Waals surface area contributed by atoms with Gasteiger partial charge in [0.25, 0.3) is 11.8 Å². The van der Waals surface area contributed by atoms with Crippen molar-refractivity contribution < 1.29 is 14.4 Å². The van der Waals surface area contributed by atoms with E-state index in [1.165, 1.54) is 16.9 Å². The zero-order valence-electron chi connectivity index (χ0n) is 18.5. The first-order chi connectivity index (χ1) is 15.4. The lowest BCUT2D eigenvalue weighted by molar-refractivity contribution is -0.119.